The van der Waals surface area contributed by atoms with E-state index in [1.807, 2.05) is 16.7 Å². The van der Waals surface area contributed by atoms with Gasteiger partial charge in [0.05, 0.1) is 19.8 Å². The van der Waals surface area contributed by atoms with E-state index in [2.05, 4.69) is 32.3 Å². The van der Waals surface area contributed by atoms with Crippen molar-refractivity contribution in [3.8, 4) is 0 Å². The molecule has 0 aliphatic carbocycles. The number of nitrogens with zero attached hydrogens (tertiary/aromatic N) is 5. The van der Waals surface area contributed by atoms with Gasteiger partial charge < -0.3 is 14.6 Å². The lowest BCUT2D eigenvalue weighted by molar-refractivity contribution is -0.128. The normalized spacial score (nSPS) is 16.5. The molecule has 0 radical (unpaired) electrons. The topological polar surface area (TPSA) is 85.2 Å². The molecule has 0 saturated carbocycles. The van der Waals surface area contributed by atoms with Crippen molar-refractivity contribution in [1.29, 1.82) is 0 Å². The van der Waals surface area contributed by atoms with E-state index in [4.69, 9.17) is 4.74 Å². The second-order valence-corrected chi connectivity index (χ2v) is 6.00. The molecule has 1 aliphatic rings. The van der Waals surface area contributed by atoms with Gasteiger partial charge in [0.1, 0.15) is 12.4 Å². The lowest BCUT2D eigenvalue weighted by atomic mass is 10.1. The molecule has 0 bridgehead atoms. The summed E-state index contributed by atoms with van der Waals surface area (Å²) in [6.07, 6.45) is 6.15. The molecule has 8 nitrogen and oxygen atoms in total. The average Bonchev–Trinajstić information content (AvgIpc) is 3.10. The zero-order valence-corrected chi connectivity index (χ0v) is 14.5. The first-order valence-electron chi connectivity index (χ1n) is 8.65. The molecule has 1 saturated heterocycles. The summed E-state index contributed by atoms with van der Waals surface area (Å²) in [5.41, 5.74) is 0.886. The van der Waals surface area contributed by atoms with E-state index in [1.165, 1.54) is 0 Å². The molecule has 25 heavy (non-hydrogen) atoms. The maximum atomic E-state index is 12.9. The largest absolute Gasteiger partial charge is 0.379 e. The molecular weight excluding hydrogens is 320 g/mol. The maximum Gasteiger partial charge on any atom is 0.242 e. The van der Waals surface area contributed by atoms with Crippen molar-refractivity contribution in [1.82, 2.24) is 30.0 Å². The van der Waals surface area contributed by atoms with E-state index in [9.17, 15) is 4.79 Å². The fourth-order valence-electron chi connectivity index (χ4n) is 3.01. The van der Waals surface area contributed by atoms with Gasteiger partial charge >= 0.3 is 0 Å². The monoisotopic (exact) mass is 344 g/mol. The van der Waals surface area contributed by atoms with Crippen molar-refractivity contribution in [3.63, 3.8) is 0 Å². The minimum atomic E-state index is -0.375. The highest BCUT2D eigenvalue weighted by Gasteiger charge is 2.29. The Morgan fingerprint density at radius 1 is 1.40 bits per heavy atom. The van der Waals surface area contributed by atoms with Gasteiger partial charge in [0.2, 0.25) is 5.91 Å². The highest BCUT2D eigenvalue weighted by molar-refractivity contribution is 5.83. The van der Waals surface area contributed by atoms with Crippen LogP contribution in [0, 0.1) is 0 Å². The Balaban J connectivity index is 1.71. The van der Waals surface area contributed by atoms with Crippen molar-refractivity contribution in [2.75, 3.05) is 26.3 Å². The van der Waals surface area contributed by atoms with Gasteiger partial charge in [0, 0.05) is 32.0 Å². The van der Waals surface area contributed by atoms with Gasteiger partial charge in [0.15, 0.2) is 5.82 Å². The Hall–Kier alpha value is -2.32. The smallest absolute Gasteiger partial charge is 0.242 e. The minimum Gasteiger partial charge on any atom is -0.379 e. The number of hydrogen-bond acceptors (Lipinski definition) is 6. The summed E-state index contributed by atoms with van der Waals surface area (Å²) in [5, 5.41) is 11.0. The van der Waals surface area contributed by atoms with Crippen LogP contribution in [0.4, 0.5) is 0 Å². The second-order valence-electron chi connectivity index (χ2n) is 6.00. The van der Waals surface area contributed by atoms with Gasteiger partial charge in [-0.3, -0.25) is 14.7 Å². The molecule has 1 amide bonds. The van der Waals surface area contributed by atoms with Crippen LogP contribution in [0.15, 0.2) is 30.9 Å². The summed E-state index contributed by atoms with van der Waals surface area (Å²) in [6.45, 7) is 6.01. The van der Waals surface area contributed by atoms with E-state index in [1.54, 1.807) is 18.7 Å². The number of carbonyl (C=O) groups excluding carboxylic acids is 1. The van der Waals surface area contributed by atoms with E-state index < -0.39 is 0 Å². The van der Waals surface area contributed by atoms with Crippen LogP contribution in [0.3, 0.4) is 0 Å². The van der Waals surface area contributed by atoms with E-state index in [0.717, 1.165) is 37.4 Å². The number of rotatable bonds is 7. The second kappa shape index (κ2) is 8.68. The van der Waals surface area contributed by atoms with Crippen LogP contribution >= 0.6 is 0 Å². The summed E-state index contributed by atoms with van der Waals surface area (Å²) in [5.74, 6) is 0.711. The SMILES string of the molecule is CCCn1cnnc1CNC(=O)[C@H](c1cccnc1)N1CCOCC1. The third kappa shape index (κ3) is 4.40. The van der Waals surface area contributed by atoms with Crippen LogP contribution in [0.25, 0.3) is 0 Å². The van der Waals surface area contributed by atoms with E-state index >= 15 is 0 Å². The molecule has 3 rings (SSSR count). The predicted octanol–water partition coefficient (Wildman–Crippen LogP) is 0.773. The Morgan fingerprint density at radius 2 is 2.24 bits per heavy atom. The number of amides is 1. The highest BCUT2D eigenvalue weighted by atomic mass is 16.5. The molecule has 1 aliphatic heterocycles. The molecule has 0 spiro atoms. The Bertz CT molecular complexity index is 669. The van der Waals surface area contributed by atoms with Crippen LogP contribution in [-0.2, 0) is 22.6 Å². The van der Waals surface area contributed by atoms with Crippen LogP contribution in [0.5, 0.6) is 0 Å². The summed E-state index contributed by atoms with van der Waals surface area (Å²) < 4.78 is 7.38. The van der Waals surface area contributed by atoms with Crippen LogP contribution < -0.4 is 5.32 Å². The molecule has 1 fully saturated rings. The summed E-state index contributed by atoms with van der Waals surface area (Å²) in [4.78, 5) is 19.2. The third-order valence-corrected chi connectivity index (χ3v) is 4.24. The fraction of sp³-hybridized carbons (Fsp3) is 0.529. The molecule has 134 valence electrons. The van der Waals surface area contributed by atoms with Crippen molar-refractivity contribution in [2.45, 2.75) is 32.5 Å². The van der Waals surface area contributed by atoms with Gasteiger partial charge in [-0.05, 0) is 18.1 Å². The number of morpholine rings is 1. The molecule has 0 unspecified atom stereocenters. The van der Waals surface area contributed by atoms with Crippen molar-refractivity contribution in [2.24, 2.45) is 0 Å². The number of aromatic nitrogens is 4. The lowest BCUT2D eigenvalue weighted by Crippen LogP contribution is -2.45. The zero-order valence-electron chi connectivity index (χ0n) is 14.5. The molecular formula is C17H24N6O2. The summed E-state index contributed by atoms with van der Waals surface area (Å²) in [7, 11) is 0. The van der Waals surface area contributed by atoms with Gasteiger partial charge in [-0.1, -0.05) is 13.0 Å². The van der Waals surface area contributed by atoms with Crippen molar-refractivity contribution in [3.05, 3.63) is 42.2 Å². The Kier molecular flexibility index (Phi) is 6.08. The molecule has 8 heteroatoms. The highest BCUT2D eigenvalue weighted by Crippen LogP contribution is 2.21. The van der Waals surface area contributed by atoms with Crippen LogP contribution in [0.2, 0.25) is 0 Å². The average molecular weight is 344 g/mol. The van der Waals surface area contributed by atoms with E-state index in [0.29, 0.717) is 19.8 Å². The van der Waals surface area contributed by atoms with E-state index in [-0.39, 0.29) is 11.9 Å². The number of aryl methyl sites for hydroxylation is 1. The predicted molar refractivity (Wildman–Crippen MR) is 91.5 cm³/mol. The number of hydrogen-bond donors (Lipinski definition) is 1. The van der Waals surface area contributed by atoms with Gasteiger partial charge in [0.25, 0.3) is 0 Å². The molecule has 1 N–H and O–H groups in total. The van der Waals surface area contributed by atoms with Crippen LogP contribution in [-0.4, -0.2) is 56.9 Å². The zero-order chi connectivity index (χ0) is 17.5. The van der Waals surface area contributed by atoms with Crippen molar-refractivity contribution < 1.29 is 9.53 Å². The standard InChI is InChI=1S/C17H24N6O2/c1-2-6-23-13-20-21-15(23)12-19-17(24)16(14-4-3-5-18-11-14)22-7-9-25-10-8-22/h3-5,11,13,16H,2,6-10,12H2,1H3,(H,19,24)/t16-/m0/s1. The van der Waals surface area contributed by atoms with Crippen molar-refractivity contribution >= 4 is 5.91 Å². The number of carbonyl (C=O) groups is 1. The first-order valence-corrected chi connectivity index (χ1v) is 8.65. The first kappa shape index (κ1) is 17.5. The molecule has 2 aromatic rings. The molecule has 3 heterocycles. The Morgan fingerprint density at radius 3 is 2.96 bits per heavy atom. The Labute approximate surface area is 147 Å². The lowest BCUT2D eigenvalue weighted by Gasteiger charge is -2.33. The molecule has 0 aromatic carbocycles. The maximum absolute atomic E-state index is 12.9. The number of pyridine rings is 1. The quantitative estimate of drug-likeness (QED) is 0.799. The third-order valence-electron chi connectivity index (χ3n) is 4.24. The summed E-state index contributed by atoms with van der Waals surface area (Å²) >= 11 is 0. The fourth-order valence-corrected chi connectivity index (χ4v) is 3.01. The van der Waals surface area contributed by atoms with Gasteiger partial charge in [-0.15, -0.1) is 10.2 Å². The number of nitrogens with one attached hydrogen (secondary N) is 1. The minimum absolute atomic E-state index is 0.0547. The molecule has 2 aromatic heterocycles. The van der Waals surface area contributed by atoms with Crippen LogP contribution in [0.1, 0.15) is 30.8 Å². The van der Waals surface area contributed by atoms with Gasteiger partial charge in [-0.25, -0.2) is 0 Å². The van der Waals surface area contributed by atoms with Gasteiger partial charge in [-0.2, -0.15) is 0 Å². The molecule has 1 atom stereocenters. The summed E-state index contributed by atoms with van der Waals surface area (Å²) in [6, 6.07) is 3.42. The number of ether oxygens (including phenoxy) is 1. The first-order chi connectivity index (χ1) is 12.3.